The maximum atomic E-state index is 11.9. The van der Waals surface area contributed by atoms with Crippen LogP contribution in [-0.2, 0) is 4.79 Å². The molecule has 1 atom stereocenters. The molecule has 0 aliphatic carbocycles. The van der Waals surface area contributed by atoms with Gasteiger partial charge in [0.2, 0.25) is 11.6 Å². The van der Waals surface area contributed by atoms with Crippen LogP contribution in [0.15, 0.2) is 41.5 Å². The molecule has 1 unspecified atom stereocenters. The minimum absolute atomic E-state index is 0.0161. The highest BCUT2D eigenvalue weighted by molar-refractivity contribution is 6.04. The maximum absolute atomic E-state index is 11.9. The highest BCUT2D eigenvalue weighted by Gasteiger charge is 2.53. The van der Waals surface area contributed by atoms with E-state index in [4.69, 9.17) is 14.6 Å². The van der Waals surface area contributed by atoms with E-state index >= 15 is 0 Å². The first-order valence-corrected chi connectivity index (χ1v) is 10.7. The van der Waals surface area contributed by atoms with E-state index in [1.807, 2.05) is 36.1 Å². The van der Waals surface area contributed by atoms with E-state index in [0.717, 1.165) is 28.2 Å². The molecule has 3 aliphatic heterocycles. The van der Waals surface area contributed by atoms with Gasteiger partial charge >= 0.3 is 0 Å². The summed E-state index contributed by atoms with van der Waals surface area (Å²) in [6.07, 6.45) is 1.97. The number of benzene rings is 2. The molecule has 1 spiro atoms. The van der Waals surface area contributed by atoms with Gasteiger partial charge in [-0.15, -0.1) is 0 Å². The van der Waals surface area contributed by atoms with E-state index in [-0.39, 0.29) is 17.7 Å². The summed E-state index contributed by atoms with van der Waals surface area (Å²) in [4.78, 5) is 13.8. The lowest BCUT2D eigenvalue weighted by Gasteiger charge is -2.51. The van der Waals surface area contributed by atoms with Crippen molar-refractivity contribution < 1.29 is 19.4 Å². The fraction of sp³-hybridized carbons (Fsp3) is 0.417. The SMILES string of the molecule is COc1cccc2c1OC1(CCN(C(C)=O)CC1)N1N=C(c3cc(C)ccc3O)CC21. The van der Waals surface area contributed by atoms with Gasteiger partial charge in [-0.3, -0.25) is 4.79 Å². The van der Waals surface area contributed by atoms with Crippen molar-refractivity contribution in [2.24, 2.45) is 5.10 Å². The molecule has 1 amide bonds. The van der Waals surface area contributed by atoms with E-state index in [2.05, 4.69) is 11.1 Å². The summed E-state index contributed by atoms with van der Waals surface area (Å²) < 4.78 is 12.3. The van der Waals surface area contributed by atoms with Gasteiger partial charge in [-0.1, -0.05) is 23.8 Å². The molecule has 1 N–H and O–H groups in total. The van der Waals surface area contributed by atoms with Crippen LogP contribution in [0.25, 0.3) is 0 Å². The Labute approximate surface area is 181 Å². The fourth-order valence-electron chi connectivity index (χ4n) is 4.98. The molecule has 1 saturated heterocycles. The third kappa shape index (κ3) is 3.10. The molecule has 0 saturated carbocycles. The Hall–Kier alpha value is -3.22. The Kier molecular flexibility index (Phi) is 4.57. The molecule has 1 fully saturated rings. The zero-order valence-corrected chi connectivity index (χ0v) is 18.1. The average Bonchev–Trinajstić information content (AvgIpc) is 3.22. The van der Waals surface area contributed by atoms with Crippen molar-refractivity contribution in [2.75, 3.05) is 20.2 Å². The predicted octanol–water partition coefficient (Wildman–Crippen LogP) is 3.59. The Balaban J connectivity index is 1.60. The molecule has 0 bridgehead atoms. The van der Waals surface area contributed by atoms with E-state index in [0.29, 0.717) is 38.1 Å². The van der Waals surface area contributed by atoms with Gasteiger partial charge in [0.05, 0.1) is 18.9 Å². The molecule has 7 heteroatoms. The number of methoxy groups -OCH3 is 1. The van der Waals surface area contributed by atoms with Crippen molar-refractivity contribution in [3.8, 4) is 17.2 Å². The van der Waals surface area contributed by atoms with Crippen LogP contribution in [0.2, 0.25) is 0 Å². The van der Waals surface area contributed by atoms with Crippen molar-refractivity contribution in [1.29, 1.82) is 0 Å². The molecular weight excluding hydrogens is 394 g/mol. The third-order valence-corrected chi connectivity index (χ3v) is 6.66. The van der Waals surface area contributed by atoms with Gasteiger partial charge in [-0.05, 0) is 25.1 Å². The Morgan fingerprint density at radius 1 is 1.26 bits per heavy atom. The van der Waals surface area contributed by atoms with Gasteiger partial charge < -0.3 is 19.5 Å². The van der Waals surface area contributed by atoms with Crippen molar-refractivity contribution in [3.63, 3.8) is 0 Å². The number of ether oxygens (including phenoxy) is 2. The number of phenols is 1. The highest BCUT2D eigenvalue weighted by atomic mass is 16.5. The summed E-state index contributed by atoms with van der Waals surface area (Å²) >= 11 is 0. The molecule has 5 rings (SSSR count). The summed E-state index contributed by atoms with van der Waals surface area (Å²) in [5.41, 5.74) is 3.06. The number of fused-ring (bicyclic) bond motifs is 4. The number of hydrogen-bond donors (Lipinski definition) is 1. The Morgan fingerprint density at radius 3 is 2.74 bits per heavy atom. The van der Waals surface area contributed by atoms with Crippen molar-refractivity contribution in [3.05, 3.63) is 53.1 Å². The molecule has 3 aliphatic rings. The van der Waals surface area contributed by atoms with E-state index in [1.165, 1.54) is 0 Å². The van der Waals surface area contributed by atoms with Gasteiger partial charge in [-0.25, -0.2) is 5.01 Å². The number of hydrogen-bond acceptors (Lipinski definition) is 6. The standard InChI is InChI=1S/C24H27N3O4/c1-15-7-8-21(29)18(13-15)19-14-20-17-5-4-6-22(30-3)23(17)31-24(27(20)25-19)9-11-26(12-10-24)16(2)28/h4-8,13,20,29H,9-12,14H2,1-3H3. The molecular formula is C24H27N3O4. The number of piperidine rings is 1. The second-order valence-corrected chi connectivity index (χ2v) is 8.56. The van der Waals surface area contributed by atoms with Gasteiger partial charge in [0.25, 0.3) is 0 Å². The van der Waals surface area contributed by atoms with Crippen LogP contribution in [-0.4, -0.2) is 52.6 Å². The van der Waals surface area contributed by atoms with Crippen LogP contribution in [0, 0.1) is 6.92 Å². The Bertz CT molecular complexity index is 1070. The van der Waals surface area contributed by atoms with Crippen LogP contribution in [0.5, 0.6) is 17.2 Å². The molecule has 162 valence electrons. The van der Waals surface area contributed by atoms with Gasteiger partial charge in [-0.2, -0.15) is 5.10 Å². The van der Waals surface area contributed by atoms with Crippen molar-refractivity contribution in [1.82, 2.24) is 9.91 Å². The van der Waals surface area contributed by atoms with Gasteiger partial charge in [0.1, 0.15) is 5.75 Å². The third-order valence-electron chi connectivity index (χ3n) is 6.66. The first kappa shape index (κ1) is 19.7. The minimum Gasteiger partial charge on any atom is -0.507 e. The monoisotopic (exact) mass is 421 g/mol. The second kappa shape index (κ2) is 7.18. The minimum atomic E-state index is -0.653. The van der Waals surface area contributed by atoms with E-state index < -0.39 is 5.72 Å². The summed E-state index contributed by atoms with van der Waals surface area (Å²) in [6, 6.07) is 11.5. The summed E-state index contributed by atoms with van der Waals surface area (Å²) in [5, 5.41) is 17.6. The number of para-hydroxylation sites is 1. The smallest absolute Gasteiger partial charge is 0.219 e. The number of amides is 1. The number of rotatable bonds is 2. The summed E-state index contributed by atoms with van der Waals surface area (Å²) in [5.74, 6) is 1.77. The number of aromatic hydroxyl groups is 1. The molecule has 3 heterocycles. The van der Waals surface area contributed by atoms with Crippen molar-refractivity contribution in [2.45, 2.75) is 44.9 Å². The lowest BCUT2D eigenvalue weighted by molar-refractivity contribution is -0.159. The summed E-state index contributed by atoms with van der Waals surface area (Å²) in [7, 11) is 1.65. The lowest BCUT2D eigenvalue weighted by atomic mass is 9.90. The van der Waals surface area contributed by atoms with Gasteiger partial charge in [0.15, 0.2) is 11.5 Å². The molecule has 7 nitrogen and oxygen atoms in total. The summed E-state index contributed by atoms with van der Waals surface area (Å²) in [6.45, 7) is 4.84. The molecule has 31 heavy (non-hydrogen) atoms. The number of phenolic OH excluding ortho intramolecular Hbond substituents is 1. The topological polar surface area (TPSA) is 74.6 Å². The van der Waals surface area contributed by atoms with E-state index in [1.54, 1.807) is 20.1 Å². The first-order valence-electron chi connectivity index (χ1n) is 10.7. The van der Waals surface area contributed by atoms with Gasteiger partial charge in [0, 0.05) is 50.4 Å². The number of carbonyl (C=O) groups excluding carboxylic acids is 1. The number of nitrogens with zero attached hydrogens (tertiary/aromatic N) is 3. The molecule has 2 aromatic carbocycles. The van der Waals surface area contributed by atoms with Crippen molar-refractivity contribution >= 4 is 11.6 Å². The number of carbonyl (C=O) groups is 1. The van der Waals surface area contributed by atoms with Crippen LogP contribution in [0.3, 0.4) is 0 Å². The normalized spacial score (nSPS) is 21.3. The fourth-order valence-corrected chi connectivity index (χ4v) is 4.98. The lowest BCUT2D eigenvalue weighted by Crippen LogP contribution is -2.59. The second-order valence-electron chi connectivity index (χ2n) is 8.56. The quantitative estimate of drug-likeness (QED) is 0.802. The zero-order valence-electron chi connectivity index (χ0n) is 18.1. The molecule has 2 aromatic rings. The number of likely N-dealkylation sites (tertiary alicyclic amines) is 1. The highest BCUT2D eigenvalue weighted by Crippen LogP contribution is 2.53. The van der Waals surface area contributed by atoms with Crippen LogP contribution < -0.4 is 9.47 Å². The molecule has 0 radical (unpaired) electrons. The van der Waals surface area contributed by atoms with Crippen LogP contribution in [0.1, 0.15) is 48.9 Å². The van der Waals surface area contributed by atoms with Crippen LogP contribution in [0.4, 0.5) is 0 Å². The first-order chi connectivity index (χ1) is 14.9. The zero-order chi connectivity index (χ0) is 21.8. The average molecular weight is 421 g/mol. The maximum Gasteiger partial charge on any atom is 0.219 e. The van der Waals surface area contributed by atoms with E-state index in [9.17, 15) is 9.90 Å². The molecule has 0 aromatic heterocycles. The number of aryl methyl sites for hydroxylation is 1. The largest absolute Gasteiger partial charge is 0.507 e. The predicted molar refractivity (Wildman–Crippen MR) is 116 cm³/mol. The number of hydrazone groups is 1. The van der Waals surface area contributed by atoms with Crippen LogP contribution >= 0.6 is 0 Å². The Morgan fingerprint density at radius 2 is 2.03 bits per heavy atom.